The molecular weight excluding hydrogens is 347 g/mol. The molecule has 2 aromatic rings. The molecule has 0 aliphatic carbocycles. The molecule has 3 fully saturated rings. The lowest BCUT2D eigenvalue weighted by Gasteiger charge is -2.57. The Bertz CT molecular complexity index is 666. The van der Waals surface area contributed by atoms with E-state index in [0.29, 0.717) is 24.3 Å². The first kappa shape index (κ1) is 14.1. The second-order valence-electron chi connectivity index (χ2n) is 5.91. The molecule has 3 saturated heterocycles. The molecule has 5 rings (SSSR count). The molecule has 0 aromatic carbocycles. The van der Waals surface area contributed by atoms with Crippen molar-refractivity contribution in [2.45, 2.75) is 25.0 Å². The van der Waals surface area contributed by atoms with Crippen LogP contribution >= 0.6 is 15.9 Å². The van der Waals surface area contributed by atoms with Crippen LogP contribution in [-0.2, 0) is 6.54 Å². The van der Waals surface area contributed by atoms with E-state index >= 15 is 0 Å². The predicted octanol–water partition coefficient (Wildman–Crippen LogP) is 2.84. The van der Waals surface area contributed by atoms with Crippen LogP contribution in [0.25, 0.3) is 0 Å². The van der Waals surface area contributed by atoms with E-state index in [-0.39, 0.29) is 5.82 Å². The van der Waals surface area contributed by atoms with Gasteiger partial charge >= 0.3 is 0 Å². The average molecular weight is 363 g/mol. The van der Waals surface area contributed by atoms with Crippen LogP contribution in [0.15, 0.2) is 41.1 Å². The van der Waals surface area contributed by atoms with Gasteiger partial charge in [-0.2, -0.15) is 0 Å². The van der Waals surface area contributed by atoms with Crippen molar-refractivity contribution in [1.82, 2.24) is 14.9 Å². The second kappa shape index (κ2) is 5.59. The molecule has 4 nitrogen and oxygen atoms in total. The van der Waals surface area contributed by atoms with E-state index in [0.717, 1.165) is 23.4 Å². The van der Waals surface area contributed by atoms with Crippen molar-refractivity contribution in [3.63, 3.8) is 0 Å². The topological polar surface area (TPSA) is 32.3 Å². The van der Waals surface area contributed by atoms with E-state index in [9.17, 15) is 4.39 Å². The quantitative estimate of drug-likeness (QED) is 0.840. The first-order chi connectivity index (χ1) is 10.7. The lowest BCUT2D eigenvalue weighted by Crippen LogP contribution is -2.69. The number of piperazine rings is 1. The largest absolute Gasteiger partial charge is 0.348 e. The minimum Gasteiger partial charge on any atom is -0.348 e. The number of rotatable bonds is 3. The minimum atomic E-state index is -0.215. The Morgan fingerprint density at radius 3 is 2.68 bits per heavy atom. The van der Waals surface area contributed by atoms with Gasteiger partial charge in [0.2, 0.25) is 0 Å². The van der Waals surface area contributed by atoms with E-state index in [1.165, 1.54) is 12.5 Å². The lowest BCUT2D eigenvalue weighted by molar-refractivity contribution is 0.105. The van der Waals surface area contributed by atoms with Gasteiger partial charge in [-0.15, -0.1) is 0 Å². The van der Waals surface area contributed by atoms with Crippen LogP contribution in [0.5, 0.6) is 0 Å². The molecule has 2 unspecified atom stereocenters. The summed E-state index contributed by atoms with van der Waals surface area (Å²) in [6.45, 7) is 2.45. The highest BCUT2D eigenvalue weighted by Crippen LogP contribution is 2.36. The summed E-state index contributed by atoms with van der Waals surface area (Å²) in [5.41, 5.74) is 0.539. The predicted molar refractivity (Wildman–Crippen MR) is 86.1 cm³/mol. The van der Waals surface area contributed by atoms with E-state index in [1.807, 2.05) is 12.3 Å². The highest BCUT2D eigenvalue weighted by Gasteiger charge is 2.45. The van der Waals surface area contributed by atoms with E-state index in [4.69, 9.17) is 0 Å². The van der Waals surface area contributed by atoms with Crippen LogP contribution in [0.3, 0.4) is 0 Å². The molecule has 0 spiro atoms. The number of hydrogen-bond donors (Lipinski definition) is 0. The number of nitrogens with zero attached hydrogens (tertiary/aromatic N) is 4. The Morgan fingerprint density at radius 1 is 1.18 bits per heavy atom. The highest BCUT2D eigenvalue weighted by molar-refractivity contribution is 9.10. The van der Waals surface area contributed by atoms with Crippen LogP contribution in [0.1, 0.15) is 12.1 Å². The third kappa shape index (κ3) is 2.50. The van der Waals surface area contributed by atoms with Crippen molar-refractivity contribution >= 4 is 21.7 Å². The van der Waals surface area contributed by atoms with Gasteiger partial charge in [-0.1, -0.05) is 0 Å². The molecule has 3 aliphatic rings. The zero-order valence-corrected chi connectivity index (χ0v) is 13.6. The van der Waals surface area contributed by atoms with Crippen LogP contribution in [0, 0.1) is 5.82 Å². The third-order valence-corrected chi connectivity index (χ3v) is 4.92. The van der Waals surface area contributed by atoms with Gasteiger partial charge in [0, 0.05) is 48.6 Å². The molecule has 0 N–H and O–H groups in total. The fourth-order valence-corrected chi connectivity index (χ4v) is 3.70. The SMILES string of the molecule is Fc1cccnc1CN1CC2CC(C1)N2c1ccc(Br)cn1. The fraction of sp³-hybridized carbons (Fsp3) is 0.375. The van der Waals surface area contributed by atoms with Gasteiger partial charge in [-0.3, -0.25) is 9.88 Å². The Hall–Kier alpha value is -1.53. The maximum Gasteiger partial charge on any atom is 0.146 e. The molecule has 22 heavy (non-hydrogen) atoms. The van der Waals surface area contributed by atoms with Gasteiger partial charge in [-0.05, 0) is 46.6 Å². The lowest BCUT2D eigenvalue weighted by atomic mass is 9.87. The van der Waals surface area contributed by atoms with Gasteiger partial charge < -0.3 is 4.90 Å². The van der Waals surface area contributed by atoms with Gasteiger partial charge in [-0.25, -0.2) is 9.37 Å². The number of fused-ring (bicyclic) bond motifs is 2. The summed E-state index contributed by atoms with van der Waals surface area (Å²) in [6.07, 6.45) is 4.69. The zero-order chi connectivity index (χ0) is 15.1. The van der Waals surface area contributed by atoms with Crippen molar-refractivity contribution in [2.75, 3.05) is 18.0 Å². The Balaban J connectivity index is 1.44. The van der Waals surface area contributed by atoms with Crippen LogP contribution < -0.4 is 4.90 Å². The molecule has 6 heteroatoms. The molecule has 5 heterocycles. The smallest absolute Gasteiger partial charge is 0.146 e. The Morgan fingerprint density at radius 2 is 2.00 bits per heavy atom. The molecule has 2 atom stereocenters. The van der Waals surface area contributed by atoms with Crippen molar-refractivity contribution in [2.24, 2.45) is 0 Å². The normalized spacial score (nSPS) is 24.2. The van der Waals surface area contributed by atoms with Crippen LogP contribution in [-0.4, -0.2) is 40.0 Å². The summed E-state index contributed by atoms with van der Waals surface area (Å²) in [5, 5.41) is 0. The summed E-state index contributed by atoms with van der Waals surface area (Å²) < 4.78 is 14.7. The number of hydrogen-bond acceptors (Lipinski definition) is 4. The van der Waals surface area contributed by atoms with Crippen molar-refractivity contribution < 1.29 is 4.39 Å². The summed E-state index contributed by atoms with van der Waals surface area (Å²) in [7, 11) is 0. The minimum absolute atomic E-state index is 0.215. The van der Waals surface area contributed by atoms with Crippen molar-refractivity contribution in [1.29, 1.82) is 0 Å². The molecular formula is C16H16BrFN4. The number of anilines is 1. The Labute approximate surface area is 137 Å². The highest BCUT2D eigenvalue weighted by atomic mass is 79.9. The van der Waals surface area contributed by atoms with Crippen molar-refractivity contribution in [3.8, 4) is 0 Å². The monoisotopic (exact) mass is 362 g/mol. The molecule has 114 valence electrons. The van der Waals surface area contributed by atoms with Crippen LogP contribution in [0.2, 0.25) is 0 Å². The summed E-state index contributed by atoms with van der Waals surface area (Å²) in [6, 6.07) is 8.13. The zero-order valence-electron chi connectivity index (χ0n) is 12.0. The van der Waals surface area contributed by atoms with E-state index in [1.54, 1.807) is 12.3 Å². The number of halogens is 2. The molecule has 2 bridgehead atoms. The van der Waals surface area contributed by atoms with Gasteiger partial charge in [0.1, 0.15) is 11.6 Å². The first-order valence-electron chi connectivity index (χ1n) is 7.42. The average Bonchev–Trinajstić information content (AvgIpc) is 2.52. The Kier molecular flexibility index (Phi) is 3.58. The van der Waals surface area contributed by atoms with E-state index < -0.39 is 0 Å². The fourth-order valence-electron chi connectivity index (χ4n) is 3.47. The maximum absolute atomic E-state index is 13.7. The molecule has 2 aromatic heterocycles. The van der Waals surface area contributed by atoms with Crippen LogP contribution in [0.4, 0.5) is 10.2 Å². The van der Waals surface area contributed by atoms with Crippen molar-refractivity contribution in [3.05, 3.63) is 52.6 Å². The molecule has 0 saturated carbocycles. The van der Waals surface area contributed by atoms with Gasteiger partial charge in [0.05, 0.1) is 5.69 Å². The second-order valence-corrected chi connectivity index (χ2v) is 6.83. The standard InChI is InChI=1S/C16H16BrFN4/c17-11-3-4-16(20-7-11)22-12-6-13(22)9-21(8-12)10-15-14(18)2-1-5-19-15/h1-5,7,12-13H,6,8-10H2. The molecule has 0 amide bonds. The van der Waals surface area contributed by atoms with Gasteiger partial charge in [0.25, 0.3) is 0 Å². The maximum atomic E-state index is 13.7. The molecule has 0 radical (unpaired) electrons. The first-order valence-corrected chi connectivity index (χ1v) is 8.21. The summed E-state index contributed by atoms with van der Waals surface area (Å²) in [5.74, 6) is 0.821. The summed E-state index contributed by atoms with van der Waals surface area (Å²) in [4.78, 5) is 13.3. The summed E-state index contributed by atoms with van der Waals surface area (Å²) >= 11 is 3.42. The van der Waals surface area contributed by atoms with Gasteiger partial charge in [0.15, 0.2) is 0 Å². The van der Waals surface area contributed by atoms with E-state index in [2.05, 4.69) is 41.8 Å². The number of pyridine rings is 2. The molecule has 3 aliphatic heterocycles. The number of piperidine rings is 1. The third-order valence-electron chi connectivity index (χ3n) is 4.45. The number of aromatic nitrogens is 2.